The number of azo groups is 1. The van der Waals surface area contributed by atoms with Gasteiger partial charge in [-0.25, -0.2) is 12.6 Å². The van der Waals surface area contributed by atoms with E-state index in [0.29, 0.717) is 0 Å². The van der Waals surface area contributed by atoms with Crippen molar-refractivity contribution in [1.82, 2.24) is 0 Å². The molecule has 0 saturated heterocycles. The number of hydrogen-bond donors (Lipinski definition) is 3. The molecule has 4 N–H and O–H groups in total. The zero-order valence-electron chi connectivity index (χ0n) is 14.4. The quantitative estimate of drug-likeness (QED) is 0.291. The van der Waals surface area contributed by atoms with E-state index < -0.39 is 47.6 Å². The van der Waals surface area contributed by atoms with Crippen LogP contribution in [0.2, 0.25) is 0 Å². The molecular formula is C14H15N3O9S3. The number of rotatable bonds is 8. The van der Waals surface area contributed by atoms with Gasteiger partial charge in [-0.3, -0.25) is 9.11 Å². The number of nitrogens with zero attached hydrogens (tertiary/aromatic N) is 2. The van der Waals surface area contributed by atoms with Crippen LogP contribution in [0.4, 0.5) is 17.1 Å². The van der Waals surface area contributed by atoms with Crippen LogP contribution in [0.25, 0.3) is 0 Å². The predicted molar refractivity (Wildman–Crippen MR) is 101 cm³/mol. The van der Waals surface area contributed by atoms with Crippen LogP contribution in [0.5, 0.6) is 0 Å². The first kappa shape index (κ1) is 22.9. The van der Waals surface area contributed by atoms with Crippen LogP contribution >= 0.6 is 0 Å². The Morgan fingerprint density at radius 3 is 1.97 bits per heavy atom. The Morgan fingerprint density at radius 2 is 1.41 bits per heavy atom. The van der Waals surface area contributed by atoms with E-state index in [9.17, 15) is 25.3 Å². The average Bonchev–Trinajstić information content (AvgIpc) is 2.59. The van der Waals surface area contributed by atoms with E-state index >= 15 is 0 Å². The molecule has 12 nitrogen and oxygen atoms in total. The molecule has 0 aliphatic rings. The summed E-state index contributed by atoms with van der Waals surface area (Å²) in [7, 11) is -13.1. The van der Waals surface area contributed by atoms with Gasteiger partial charge in [-0.1, -0.05) is 0 Å². The van der Waals surface area contributed by atoms with Gasteiger partial charge >= 0.3 is 10.4 Å². The molecule has 0 amide bonds. The molecule has 0 spiro atoms. The van der Waals surface area contributed by atoms with Gasteiger partial charge in [0, 0.05) is 0 Å². The Morgan fingerprint density at radius 1 is 0.862 bits per heavy atom. The minimum absolute atomic E-state index is 0.0749. The summed E-state index contributed by atoms with van der Waals surface area (Å²) in [6.07, 6.45) is 0. The lowest BCUT2D eigenvalue weighted by molar-refractivity contribution is 0.284. The molecule has 2 aromatic rings. The third kappa shape index (κ3) is 6.84. The number of sulfone groups is 1. The minimum atomic E-state index is -4.74. The molecule has 0 radical (unpaired) electrons. The van der Waals surface area contributed by atoms with Crippen molar-refractivity contribution in [3.63, 3.8) is 0 Å². The molecule has 2 rings (SSSR count). The van der Waals surface area contributed by atoms with E-state index in [0.717, 1.165) is 6.07 Å². The number of anilines is 1. The summed E-state index contributed by atoms with van der Waals surface area (Å²) in [5, 5.41) is 7.61. The second kappa shape index (κ2) is 8.52. The fraction of sp³-hybridized carbons (Fsp3) is 0.143. The van der Waals surface area contributed by atoms with E-state index in [4.69, 9.17) is 14.8 Å². The van der Waals surface area contributed by atoms with Gasteiger partial charge in [-0.2, -0.15) is 27.1 Å². The molecule has 15 heteroatoms. The fourth-order valence-corrected chi connectivity index (χ4v) is 4.14. The van der Waals surface area contributed by atoms with Gasteiger partial charge in [0.05, 0.1) is 34.3 Å². The van der Waals surface area contributed by atoms with E-state index in [2.05, 4.69) is 14.4 Å². The summed E-state index contributed by atoms with van der Waals surface area (Å²) in [6, 6.07) is 8.61. The average molecular weight is 465 g/mol. The molecule has 29 heavy (non-hydrogen) atoms. The molecule has 0 unspecified atom stereocenters. The highest BCUT2D eigenvalue weighted by Crippen LogP contribution is 2.26. The van der Waals surface area contributed by atoms with Crippen molar-refractivity contribution in [1.29, 1.82) is 0 Å². The van der Waals surface area contributed by atoms with Crippen molar-refractivity contribution >= 4 is 47.4 Å². The maximum atomic E-state index is 12.1. The van der Waals surface area contributed by atoms with E-state index in [1.165, 1.54) is 36.4 Å². The first-order valence-corrected chi connectivity index (χ1v) is 12.0. The maximum absolute atomic E-state index is 12.1. The SMILES string of the molecule is Nc1ccc(N=Nc2ccc(S(=O)(=O)CCOS(=O)(=O)O)cc2)cc1S(=O)(=O)O. The molecule has 0 aromatic heterocycles. The van der Waals surface area contributed by atoms with Crippen LogP contribution < -0.4 is 5.73 Å². The molecule has 0 atom stereocenters. The lowest BCUT2D eigenvalue weighted by Gasteiger charge is -2.04. The Balaban J connectivity index is 2.15. The highest BCUT2D eigenvalue weighted by Gasteiger charge is 2.17. The summed E-state index contributed by atoms with van der Waals surface area (Å²) in [6.45, 7) is -0.754. The second-order valence-corrected chi connectivity index (χ2v) is 10.0. The van der Waals surface area contributed by atoms with Gasteiger partial charge in [0.15, 0.2) is 9.84 Å². The molecule has 2 aromatic carbocycles. The Bertz CT molecular complexity index is 1240. The van der Waals surface area contributed by atoms with Crippen molar-refractivity contribution < 1.29 is 38.5 Å². The van der Waals surface area contributed by atoms with Gasteiger partial charge in [0.25, 0.3) is 10.1 Å². The first-order chi connectivity index (χ1) is 13.3. The Labute approximate surface area is 166 Å². The molecule has 0 saturated carbocycles. The van der Waals surface area contributed by atoms with Crippen molar-refractivity contribution in [2.45, 2.75) is 9.79 Å². The van der Waals surface area contributed by atoms with Crippen molar-refractivity contribution in [2.24, 2.45) is 10.2 Å². The van der Waals surface area contributed by atoms with Crippen molar-refractivity contribution in [3.05, 3.63) is 42.5 Å². The summed E-state index contributed by atoms with van der Waals surface area (Å²) in [5.41, 5.74) is 5.61. The third-order valence-electron chi connectivity index (χ3n) is 3.34. The van der Waals surface area contributed by atoms with Crippen LogP contribution in [0.1, 0.15) is 0 Å². The fourth-order valence-electron chi connectivity index (χ4n) is 2.01. The topological polar surface area (TPSA) is 203 Å². The molecule has 0 bridgehead atoms. The van der Waals surface area contributed by atoms with Gasteiger partial charge in [0.1, 0.15) is 4.90 Å². The van der Waals surface area contributed by atoms with Gasteiger partial charge in [-0.05, 0) is 42.5 Å². The largest absolute Gasteiger partial charge is 0.398 e. The molecule has 0 heterocycles. The third-order valence-corrected chi connectivity index (χ3v) is 6.40. The predicted octanol–water partition coefficient (Wildman–Crippen LogP) is 1.52. The molecule has 158 valence electrons. The van der Waals surface area contributed by atoms with Crippen LogP contribution in [0.3, 0.4) is 0 Å². The van der Waals surface area contributed by atoms with Crippen LogP contribution in [-0.4, -0.2) is 46.7 Å². The van der Waals surface area contributed by atoms with Crippen molar-refractivity contribution in [3.8, 4) is 0 Å². The smallest absolute Gasteiger partial charge is 0.397 e. The van der Waals surface area contributed by atoms with Gasteiger partial charge in [-0.15, -0.1) is 0 Å². The second-order valence-electron chi connectivity index (χ2n) is 5.46. The summed E-state index contributed by atoms with van der Waals surface area (Å²) < 4.78 is 89.0. The number of nitrogen functional groups attached to an aromatic ring is 1. The molecule has 0 aliphatic carbocycles. The normalized spacial score (nSPS) is 13.0. The highest BCUT2D eigenvalue weighted by atomic mass is 32.3. The van der Waals surface area contributed by atoms with E-state index in [1.54, 1.807) is 0 Å². The Hall–Kier alpha value is -2.43. The van der Waals surface area contributed by atoms with Crippen LogP contribution in [0, 0.1) is 0 Å². The lowest BCUT2D eigenvalue weighted by Crippen LogP contribution is -2.15. The lowest BCUT2D eigenvalue weighted by atomic mass is 10.3. The molecule has 0 fully saturated rings. The first-order valence-electron chi connectivity index (χ1n) is 7.51. The van der Waals surface area contributed by atoms with Gasteiger partial charge in [0.2, 0.25) is 0 Å². The van der Waals surface area contributed by atoms with Crippen molar-refractivity contribution in [2.75, 3.05) is 18.1 Å². The maximum Gasteiger partial charge on any atom is 0.397 e. The Kier molecular flexibility index (Phi) is 6.71. The zero-order chi connectivity index (χ0) is 21.9. The number of benzene rings is 2. The summed E-state index contributed by atoms with van der Waals surface area (Å²) in [5.74, 6) is -0.683. The van der Waals surface area contributed by atoms with Crippen LogP contribution in [-0.2, 0) is 34.5 Å². The summed E-state index contributed by atoms with van der Waals surface area (Å²) >= 11 is 0. The number of nitrogens with two attached hydrogens (primary N) is 1. The van der Waals surface area contributed by atoms with E-state index in [1.807, 2.05) is 0 Å². The monoisotopic (exact) mass is 465 g/mol. The van der Waals surface area contributed by atoms with E-state index in [-0.39, 0.29) is 22.0 Å². The number of hydrogen-bond acceptors (Lipinski definition) is 10. The molecular weight excluding hydrogens is 450 g/mol. The summed E-state index contributed by atoms with van der Waals surface area (Å²) in [4.78, 5) is -0.668. The van der Waals surface area contributed by atoms with Gasteiger partial charge < -0.3 is 5.73 Å². The minimum Gasteiger partial charge on any atom is -0.398 e. The standard InChI is InChI=1S/C14H15N3O9S3/c15-13-6-3-11(9-14(13)28(20,21)22)17-16-10-1-4-12(5-2-10)27(18,19)8-7-26-29(23,24)25/h1-6,9H,7-8,15H2,(H,20,21,22)(H,23,24,25). The highest BCUT2D eigenvalue weighted by molar-refractivity contribution is 7.91. The zero-order valence-corrected chi connectivity index (χ0v) is 16.9. The molecule has 0 aliphatic heterocycles. The van der Waals surface area contributed by atoms with Crippen LogP contribution in [0.15, 0.2) is 62.5 Å².